The summed E-state index contributed by atoms with van der Waals surface area (Å²) in [5.41, 5.74) is 0. The zero-order chi connectivity index (χ0) is 12.2. The fourth-order valence-electron chi connectivity index (χ4n) is 1.11. The molecule has 0 saturated carbocycles. The van der Waals surface area contributed by atoms with Gasteiger partial charge in [-0.05, 0) is 43.3 Å². The van der Waals surface area contributed by atoms with Crippen LogP contribution in [0.5, 0.6) is 5.75 Å². The van der Waals surface area contributed by atoms with Crippen LogP contribution in [0, 0.1) is 0 Å². The van der Waals surface area contributed by atoms with Crippen molar-refractivity contribution in [2.45, 2.75) is 11.8 Å². The van der Waals surface area contributed by atoms with E-state index in [-0.39, 0.29) is 4.90 Å². The molecule has 0 aliphatic heterocycles. The zero-order valence-electron chi connectivity index (χ0n) is 9.30. The predicted octanol–water partition coefficient (Wildman–Crippen LogP) is 2.56. The Morgan fingerprint density at radius 2 is 1.88 bits per heavy atom. The lowest BCUT2D eigenvalue weighted by molar-refractivity contribution is 0.443. The summed E-state index contributed by atoms with van der Waals surface area (Å²) in [5.74, 6) is 1.22. The topological polar surface area (TPSA) is 43.4 Å². The number of allylic oxidation sites excluding steroid dienone is 2. The van der Waals surface area contributed by atoms with Gasteiger partial charge in [-0.3, -0.25) is 0 Å². The Morgan fingerprint density at radius 3 is 2.25 bits per heavy atom. The van der Waals surface area contributed by atoms with E-state index in [9.17, 15) is 8.42 Å². The molecule has 0 radical (unpaired) electrons. The molecule has 0 bridgehead atoms. The maximum Gasteiger partial charge on any atom is 0.175 e. The van der Waals surface area contributed by atoms with Gasteiger partial charge < -0.3 is 4.74 Å². The van der Waals surface area contributed by atoms with Gasteiger partial charge in [-0.15, -0.1) is 0 Å². The van der Waals surface area contributed by atoms with Gasteiger partial charge in [0.25, 0.3) is 0 Å². The second-order valence-electron chi connectivity index (χ2n) is 3.24. The lowest BCUT2D eigenvalue weighted by atomic mass is 10.3. The van der Waals surface area contributed by atoms with Crippen molar-refractivity contribution in [1.29, 1.82) is 0 Å². The van der Waals surface area contributed by atoms with Crippen LogP contribution in [-0.4, -0.2) is 14.7 Å². The van der Waals surface area contributed by atoms with Gasteiger partial charge in [-0.2, -0.15) is 0 Å². The number of benzene rings is 1. The summed E-state index contributed by atoms with van der Waals surface area (Å²) in [7, 11) is -3.15. The number of sulfone groups is 1. The van der Waals surface area contributed by atoms with Crippen LogP contribution in [0.15, 0.2) is 53.7 Å². The van der Waals surface area contributed by atoms with E-state index in [2.05, 4.69) is 6.58 Å². The number of ether oxygens (including phenoxy) is 1. The maximum absolute atomic E-state index is 11.2. The summed E-state index contributed by atoms with van der Waals surface area (Å²) in [6, 6.07) is 6.26. The van der Waals surface area contributed by atoms with Crippen molar-refractivity contribution in [2.75, 3.05) is 6.26 Å². The molecule has 0 atom stereocenters. The summed E-state index contributed by atoms with van der Waals surface area (Å²) in [4.78, 5) is 0.278. The van der Waals surface area contributed by atoms with Crippen molar-refractivity contribution in [3.8, 4) is 5.75 Å². The largest absolute Gasteiger partial charge is 0.458 e. The summed E-state index contributed by atoms with van der Waals surface area (Å²) in [6.45, 7) is 5.43. The average Bonchev–Trinajstić information content (AvgIpc) is 2.25. The monoisotopic (exact) mass is 238 g/mol. The van der Waals surface area contributed by atoms with Crippen molar-refractivity contribution in [3.05, 3.63) is 48.8 Å². The van der Waals surface area contributed by atoms with Crippen LogP contribution in [-0.2, 0) is 9.84 Å². The van der Waals surface area contributed by atoms with Crippen molar-refractivity contribution in [3.63, 3.8) is 0 Å². The highest BCUT2D eigenvalue weighted by Crippen LogP contribution is 2.18. The van der Waals surface area contributed by atoms with Crippen LogP contribution < -0.4 is 4.74 Å². The van der Waals surface area contributed by atoms with E-state index in [4.69, 9.17) is 4.74 Å². The third-order valence-corrected chi connectivity index (χ3v) is 3.10. The Labute approximate surface area is 96.0 Å². The summed E-state index contributed by atoms with van der Waals surface area (Å²) in [5, 5.41) is 0. The Balaban J connectivity index is 2.92. The van der Waals surface area contributed by atoms with Gasteiger partial charge in [-0.25, -0.2) is 8.42 Å². The molecule has 0 fully saturated rings. The normalized spacial score (nSPS) is 12.2. The molecule has 0 aliphatic carbocycles. The second-order valence-corrected chi connectivity index (χ2v) is 5.26. The van der Waals surface area contributed by atoms with Crippen LogP contribution in [0.2, 0.25) is 0 Å². The smallest absolute Gasteiger partial charge is 0.175 e. The lowest BCUT2D eigenvalue weighted by Gasteiger charge is -2.06. The highest BCUT2D eigenvalue weighted by atomic mass is 32.2. The van der Waals surface area contributed by atoms with Gasteiger partial charge in [0, 0.05) is 6.26 Å². The molecule has 1 rings (SSSR count). The fraction of sp³-hybridized carbons (Fsp3) is 0.167. The van der Waals surface area contributed by atoms with Crippen LogP contribution >= 0.6 is 0 Å². The summed E-state index contributed by atoms with van der Waals surface area (Å²) < 4.78 is 27.8. The average molecular weight is 238 g/mol. The van der Waals surface area contributed by atoms with Crippen LogP contribution in [0.3, 0.4) is 0 Å². The molecule has 3 nitrogen and oxygen atoms in total. The van der Waals surface area contributed by atoms with Crippen LogP contribution in [0.1, 0.15) is 6.92 Å². The molecule has 1 aromatic rings. The van der Waals surface area contributed by atoms with Gasteiger partial charge in [0.05, 0.1) is 4.90 Å². The first-order valence-corrected chi connectivity index (χ1v) is 6.63. The first-order valence-electron chi connectivity index (χ1n) is 4.74. The SMILES string of the molecule is C=C/C(=C\C)Oc1ccc(S(C)(=O)=O)cc1. The molecule has 1 aromatic carbocycles. The minimum absolute atomic E-state index is 0.278. The van der Waals surface area contributed by atoms with Gasteiger partial charge in [0.1, 0.15) is 11.5 Å². The van der Waals surface area contributed by atoms with Crippen molar-refractivity contribution < 1.29 is 13.2 Å². The van der Waals surface area contributed by atoms with E-state index < -0.39 is 9.84 Å². The summed E-state index contributed by atoms with van der Waals surface area (Å²) >= 11 is 0. The maximum atomic E-state index is 11.2. The molecule has 0 N–H and O–H groups in total. The molecule has 16 heavy (non-hydrogen) atoms. The second kappa shape index (κ2) is 4.99. The molecule has 0 saturated heterocycles. The first kappa shape index (κ1) is 12.5. The Bertz CT molecular complexity index is 496. The van der Waals surface area contributed by atoms with E-state index in [0.717, 1.165) is 0 Å². The predicted molar refractivity (Wildman–Crippen MR) is 64.1 cm³/mol. The van der Waals surface area contributed by atoms with Gasteiger partial charge >= 0.3 is 0 Å². The standard InChI is InChI=1S/C12H14O3S/c1-4-10(5-2)15-11-6-8-12(9-7-11)16(3,13)14/h4-9H,1H2,2-3H3/b10-5+. The molecular weight excluding hydrogens is 224 g/mol. The quantitative estimate of drug-likeness (QED) is 0.598. The van der Waals surface area contributed by atoms with Crippen molar-refractivity contribution in [2.24, 2.45) is 0 Å². The molecule has 0 unspecified atom stereocenters. The Hall–Kier alpha value is -1.55. The molecule has 0 aliphatic rings. The number of hydrogen-bond acceptors (Lipinski definition) is 3. The van der Waals surface area contributed by atoms with Gasteiger partial charge in [-0.1, -0.05) is 6.58 Å². The molecule has 86 valence electrons. The van der Waals surface area contributed by atoms with E-state index in [0.29, 0.717) is 11.5 Å². The molecular formula is C12H14O3S. The summed E-state index contributed by atoms with van der Waals surface area (Å²) in [6.07, 6.45) is 4.53. The molecule has 0 spiro atoms. The minimum atomic E-state index is -3.15. The highest BCUT2D eigenvalue weighted by molar-refractivity contribution is 7.90. The number of hydrogen-bond donors (Lipinski definition) is 0. The van der Waals surface area contributed by atoms with Crippen LogP contribution in [0.25, 0.3) is 0 Å². The van der Waals surface area contributed by atoms with Gasteiger partial charge in [0.15, 0.2) is 9.84 Å². The van der Waals surface area contributed by atoms with Gasteiger partial charge in [0.2, 0.25) is 0 Å². The highest BCUT2D eigenvalue weighted by Gasteiger charge is 2.06. The van der Waals surface area contributed by atoms with Crippen LogP contribution in [0.4, 0.5) is 0 Å². The molecule has 0 amide bonds. The molecule has 0 heterocycles. The third-order valence-electron chi connectivity index (χ3n) is 1.97. The van der Waals surface area contributed by atoms with E-state index in [1.54, 1.807) is 24.3 Å². The Morgan fingerprint density at radius 1 is 1.31 bits per heavy atom. The Kier molecular flexibility index (Phi) is 3.90. The lowest BCUT2D eigenvalue weighted by Crippen LogP contribution is -1.97. The zero-order valence-corrected chi connectivity index (χ0v) is 10.1. The van der Waals surface area contributed by atoms with Crippen molar-refractivity contribution in [1.82, 2.24) is 0 Å². The number of rotatable bonds is 4. The molecule has 4 heteroatoms. The molecule has 0 aromatic heterocycles. The first-order chi connectivity index (χ1) is 7.47. The van der Waals surface area contributed by atoms with Crippen molar-refractivity contribution >= 4 is 9.84 Å². The van der Waals surface area contributed by atoms with E-state index >= 15 is 0 Å². The third kappa shape index (κ3) is 3.24. The fourth-order valence-corrected chi connectivity index (χ4v) is 1.74. The van der Waals surface area contributed by atoms with E-state index in [1.165, 1.54) is 18.4 Å². The minimum Gasteiger partial charge on any atom is -0.458 e. The van der Waals surface area contributed by atoms with E-state index in [1.807, 2.05) is 6.92 Å².